The maximum atomic E-state index is 13.7. The lowest BCUT2D eigenvalue weighted by atomic mass is 9.77. The Labute approximate surface area is 233 Å². The maximum Gasteiger partial charge on any atom is 0.246 e. The molecule has 2 heterocycles. The van der Waals surface area contributed by atoms with E-state index in [1.54, 1.807) is 24.3 Å². The molecule has 0 unspecified atom stereocenters. The van der Waals surface area contributed by atoms with E-state index >= 15 is 0 Å². The minimum absolute atomic E-state index is 0. The summed E-state index contributed by atoms with van der Waals surface area (Å²) in [6.45, 7) is 5.85. The molecule has 3 fully saturated rings. The van der Waals surface area contributed by atoms with Gasteiger partial charge < -0.3 is 30.1 Å². The van der Waals surface area contributed by atoms with Gasteiger partial charge in [0.2, 0.25) is 11.8 Å². The van der Waals surface area contributed by atoms with Crippen LogP contribution in [0.4, 0.5) is 0 Å². The molecule has 1 spiro atoms. The summed E-state index contributed by atoms with van der Waals surface area (Å²) in [7, 11) is 0. The van der Waals surface area contributed by atoms with Crippen LogP contribution in [0.25, 0.3) is 0 Å². The fourth-order valence-electron chi connectivity index (χ4n) is 6.26. The number of halogens is 1. The maximum absolute atomic E-state index is 13.7. The molecule has 0 radical (unpaired) electrons. The van der Waals surface area contributed by atoms with Gasteiger partial charge in [0.15, 0.2) is 0 Å². The molecule has 8 nitrogen and oxygen atoms in total. The molecule has 3 aliphatic rings. The smallest absolute Gasteiger partial charge is 0.246 e. The van der Waals surface area contributed by atoms with Crippen molar-refractivity contribution in [2.45, 2.75) is 101 Å². The number of hydrogen-bond acceptors (Lipinski definition) is 6. The monoisotopic (exact) mass is 551 g/mol. The Bertz CT molecular complexity index is 898. The number of hydrogen-bond donors (Lipinski definition) is 3. The summed E-state index contributed by atoms with van der Waals surface area (Å²) in [6, 6.07) is 6.15. The number of ether oxygens (including phenoxy) is 1. The van der Waals surface area contributed by atoms with Crippen LogP contribution >= 0.6 is 12.4 Å². The lowest BCUT2D eigenvalue weighted by molar-refractivity contribution is -0.163. The van der Waals surface area contributed by atoms with Gasteiger partial charge in [-0.2, -0.15) is 0 Å². The predicted molar refractivity (Wildman–Crippen MR) is 150 cm³/mol. The predicted octanol–water partition coefficient (Wildman–Crippen LogP) is 4.02. The number of likely N-dealkylation sites (tertiary alicyclic amines) is 1. The molecule has 9 heteroatoms. The summed E-state index contributed by atoms with van der Waals surface area (Å²) in [6.07, 6.45) is 9.90. The van der Waals surface area contributed by atoms with Gasteiger partial charge in [0.05, 0.1) is 12.2 Å². The van der Waals surface area contributed by atoms with Crippen molar-refractivity contribution in [1.29, 1.82) is 0 Å². The highest BCUT2D eigenvalue weighted by atomic mass is 35.5. The van der Waals surface area contributed by atoms with E-state index in [0.29, 0.717) is 45.3 Å². The fourth-order valence-corrected chi connectivity index (χ4v) is 6.26. The third-order valence-electron chi connectivity index (χ3n) is 8.57. The van der Waals surface area contributed by atoms with Crippen LogP contribution in [-0.4, -0.2) is 81.8 Å². The quantitative estimate of drug-likeness (QED) is 0.359. The van der Waals surface area contributed by atoms with Gasteiger partial charge in [-0.25, -0.2) is 0 Å². The van der Waals surface area contributed by atoms with Crippen LogP contribution in [0.5, 0.6) is 11.5 Å². The van der Waals surface area contributed by atoms with Gasteiger partial charge in [0, 0.05) is 26.1 Å². The molecule has 0 bridgehead atoms. The molecule has 1 aromatic rings. The summed E-state index contributed by atoms with van der Waals surface area (Å²) < 4.78 is 5.74. The van der Waals surface area contributed by atoms with Crippen molar-refractivity contribution >= 4 is 24.2 Å². The van der Waals surface area contributed by atoms with E-state index in [9.17, 15) is 19.8 Å². The zero-order chi connectivity index (χ0) is 26.3. The number of unbranched alkanes of at least 4 members (excludes halogenated alkanes) is 2. The fraction of sp³-hybridized carbons (Fsp3) is 0.724. The number of carbonyl (C=O) groups excluding carboxylic acids is 2. The normalized spacial score (nSPS) is 23.1. The van der Waals surface area contributed by atoms with Crippen LogP contribution in [0.1, 0.15) is 84.0 Å². The van der Waals surface area contributed by atoms with Gasteiger partial charge in [-0.3, -0.25) is 9.59 Å². The van der Waals surface area contributed by atoms with Crippen LogP contribution in [-0.2, 0) is 9.59 Å². The Morgan fingerprint density at radius 3 is 2.32 bits per heavy atom. The lowest BCUT2D eigenvalue weighted by Crippen LogP contribution is -2.73. The SMILES string of the molecule is CCCCN1C(=O)[C@@H](CC2(O)CCCCC2)NC(=O)C12CCN(CCCCOc1ccc(O)cc1)CC2.Cl. The first-order chi connectivity index (χ1) is 17.8. The number of piperazine rings is 1. The molecule has 4 rings (SSSR count). The van der Waals surface area contributed by atoms with E-state index in [4.69, 9.17) is 4.74 Å². The Hall–Kier alpha value is -2.03. The van der Waals surface area contributed by atoms with Crippen molar-refractivity contribution in [2.75, 3.05) is 32.8 Å². The Morgan fingerprint density at radius 2 is 1.66 bits per heavy atom. The van der Waals surface area contributed by atoms with Crippen LogP contribution in [0.2, 0.25) is 0 Å². The zero-order valence-corrected chi connectivity index (χ0v) is 23.6. The Morgan fingerprint density at radius 1 is 0.974 bits per heavy atom. The number of aliphatic hydroxyl groups is 1. The molecule has 2 aliphatic heterocycles. The Balaban J connectivity index is 0.00000400. The number of carbonyl (C=O) groups is 2. The second-order valence-electron chi connectivity index (χ2n) is 11.3. The first kappa shape index (κ1) is 30.5. The van der Waals surface area contributed by atoms with E-state index in [-0.39, 0.29) is 30.0 Å². The number of nitrogens with zero attached hydrogens (tertiary/aromatic N) is 2. The number of phenolic OH excluding ortho intramolecular Hbond substituents is 1. The van der Waals surface area contributed by atoms with Crippen molar-refractivity contribution in [3.8, 4) is 11.5 Å². The number of phenols is 1. The number of rotatable bonds is 11. The van der Waals surface area contributed by atoms with Crippen molar-refractivity contribution < 1.29 is 24.5 Å². The zero-order valence-electron chi connectivity index (χ0n) is 22.8. The molecule has 214 valence electrons. The van der Waals surface area contributed by atoms with Gasteiger partial charge in [-0.05, 0) is 75.8 Å². The first-order valence-corrected chi connectivity index (χ1v) is 14.3. The van der Waals surface area contributed by atoms with Crippen LogP contribution < -0.4 is 10.1 Å². The van der Waals surface area contributed by atoms with E-state index in [1.165, 1.54) is 0 Å². The van der Waals surface area contributed by atoms with Gasteiger partial charge in [0.25, 0.3) is 0 Å². The van der Waals surface area contributed by atoms with Gasteiger partial charge in [-0.1, -0.05) is 32.6 Å². The molecular formula is C29H46ClN3O5. The van der Waals surface area contributed by atoms with Crippen molar-refractivity contribution in [1.82, 2.24) is 15.1 Å². The lowest BCUT2D eigenvalue weighted by Gasteiger charge is -2.52. The van der Waals surface area contributed by atoms with Crippen molar-refractivity contribution in [2.24, 2.45) is 0 Å². The Kier molecular flexibility index (Phi) is 11.1. The molecule has 0 aromatic heterocycles. The second-order valence-corrected chi connectivity index (χ2v) is 11.3. The number of benzene rings is 1. The molecule has 1 aliphatic carbocycles. The number of aromatic hydroxyl groups is 1. The average molecular weight is 552 g/mol. The van der Waals surface area contributed by atoms with E-state index in [2.05, 4.69) is 17.1 Å². The van der Waals surface area contributed by atoms with Gasteiger partial charge >= 0.3 is 0 Å². The second kappa shape index (κ2) is 13.9. The minimum atomic E-state index is -0.845. The highest BCUT2D eigenvalue weighted by Gasteiger charge is 2.54. The largest absolute Gasteiger partial charge is 0.508 e. The average Bonchev–Trinajstić information content (AvgIpc) is 2.89. The van der Waals surface area contributed by atoms with Crippen LogP contribution in [0.15, 0.2) is 24.3 Å². The molecular weight excluding hydrogens is 506 g/mol. The topological polar surface area (TPSA) is 102 Å². The van der Waals surface area contributed by atoms with Gasteiger partial charge in [0.1, 0.15) is 23.1 Å². The summed E-state index contributed by atoms with van der Waals surface area (Å²) in [5.74, 6) is 0.946. The first-order valence-electron chi connectivity index (χ1n) is 14.3. The molecule has 1 saturated carbocycles. The van der Waals surface area contributed by atoms with E-state index in [1.807, 2.05) is 4.90 Å². The summed E-state index contributed by atoms with van der Waals surface area (Å²) >= 11 is 0. The van der Waals surface area contributed by atoms with Gasteiger partial charge in [-0.15, -0.1) is 12.4 Å². The number of piperidine rings is 1. The molecule has 3 N–H and O–H groups in total. The third kappa shape index (κ3) is 7.33. The van der Waals surface area contributed by atoms with Crippen molar-refractivity contribution in [3.63, 3.8) is 0 Å². The number of nitrogens with one attached hydrogen (secondary N) is 1. The molecule has 2 saturated heterocycles. The summed E-state index contributed by atoms with van der Waals surface area (Å²) in [5, 5.41) is 23.5. The molecule has 1 aromatic carbocycles. The standard InChI is InChI=1S/C29H45N3O5.ClH/c1-2-3-18-32-26(34)25(22-28(36)13-5-4-6-14-28)30-27(35)29(32)15-19-31(20-16-29)17-7-8-21-37-24-11-9-23(33)10-12-24;/h9-12,25,33,36H,2-8,13-22H2,1H3,(H,30,35);1H/t25-;/m1./s1. The minimum Gasteiger partial charge on any atom is -0.508 e. The summed E-state index contributed by atoms with van der Waals surface area (Å²) in [5.41, 5.74) is -1.61. The summed E-state index contributed by atoms with van der Waals surface area (Å²) in [4.78, 5) is 31.5. The van der Waals surface area contributed by atoms with E-state index in [0.717, 1.165) is 70.3 Å². The van der Waals surface area contributed by atoms with Crippen molar-refractivity contribution in [3.05, 3.63) is 24.3 Å². The molecule has 2 amide bonds. The van der Waals surface area contributed by atoms with Crippen LogP contribution in [0.3, 0.4) is 0 Å². The number of amides is 2. The molecule has 38 heavy (non-hydrogen) atoms. The highest BCUT2D eigenvalue weighted by Crippen LogP contribution is 2.37. The third-order valence-corrected chi connectivity index (χ3v) is 8.57. The molecule has 1 atom stereocenters. The highest BCUT2D eigenvalue weighted by molar-refractivity contribution is 6.00. The van der Waals surface area contributed by atoms with E-state index < -0.39 is 17.2 Å². The van der Waals surface area contributed by atoms with Crippen LogP contribution in [0, 0.1) is 0 Å².